The fourth-order valence-corrected chi connectivity index (χ4v) is 0.853. The summed E-state index contributed by atoms with van der Waals surface area (Å²) in [6, 6.07) is 0. The maximum absolute atomic E-state index is 9.96. The summed E-state index contributed by atoms with van der Waals surface area (Å²) in [6.45, 7) is 3.60. The molecule has 0 saturated carbocycles. The van der Waals surface area contributed by atoms with E-state index >= 15 is 0 Å². The summed E-state index contributed by atoms with van der Waals surface area (Å²) in [5, 5.41) is 0. The van der Waals surface area contributed by atoms with Crippen molar-refractivity contribution >= 4 is 11.1 Å². The minimum atomic E-state index is -1.59. The first kappa shape index (κ1) is 7.98. The molecule has 0 radical (unpaired) electrons. The fourth-order valence-electron chi connectivity index (χ4n) is 0.402. The molecule has 0 amide bonds. The molecule has 0 aromatic carbocycles. The third-order valence-corrected chi connectivity index (χ3v) is 1.46. The van der Waals surface area contributed by atoms with E-state index in [0.717, 1.165) is 19.3 Å². The lowest BCUT2D eigenvalue weighted by atomic mass is 10.3. The van der Waals surface area contributed by atoms with Crippen LogP contribution in [-0.4, -0.2) is 14.5 Å². The van der Waals surface area contributed by atoms with Gasteiger partial charge >= 0.3 is 0 Å². The topological polar surface area (TPSA) is 37.3 Å². The van der Waals surface area contributed by atoms with Crippen LogP contribution in [0.1, 0.15) is 19.3 Å². The minimum absolute atomic E-state index is 0.398. The molecule has 0 spiro atoms. The Balaban J connectivity index is 2.82. The van der Waals surface area contributed by atoms with Crippen LogP contribution in [0.4, 0.5) is 0 Å². The highest BCUT2D eigenvalue weighted by Gasteiger charge is 1.92. The van der Waals surface area contributed by atoms with Gasteiger partial charge in [-0.05, 0) is 12.8 Å². The molecular formula is C5H11O2S+. The second-order valence-corrected chi connectivity index (χ2v) is 2.64. The third-order valence-electron chi connectivity index (χ3n) is 0.819. The molecule has 0 bridgehead atoms. The Labute approximate surface area is 52.6 Å². The lowest BCUT2D eigenvalue weighted by molar-refractivity contribution is 0.560. The molecule has 1 atom stereocenters. The van der Waals surface area contributed by atoms with E-state index in [1.54, 1.807) is 0 Å². The van der Waals surface area contributed by atoms with E-state index in [2.05, 4.69) is 6.92 Å². The van der Waals surface area contributed by atoms with Crippen molar-refractivity contribution in [3.63, 3.8) is 0 Å². The zero-order valence-electron chi connectivity index (χ0n) is 4.80. The Kier molecular flexibility index (Phi) is 5.11. The highest BCUT2D eigenvalue weighted by atomic mass is 32.2. The van der Waals surface area contributed by atoms with Crippen molar-refractivity contribution in [2.24, 2.45) is 0 Å². The van der Waals surface area contributed by atoms with Crippen molar-refractivity contribution in [3.8, 4) is 0 Å². The summed E-state index contributed by atoms with van der Waals surface area (Å²) in [5.41, 5.74) is 0. The minimum Gasteiger partial charge on any atom is -0.306 e. The number of hydrogen-bond acceptors (Lipinski definition) is 1. The number of unbranched alkanes of at least 4 members (excludes halogenated alkanes) is 2. The summed E-state index contributed by atoms with van der Waals surface area (Å²) in [5.74, 6) is 0.398. The maximum atomic E-state index is 9.96. The van der Waals surface area contributed by atoms with Crippen LogP contribution in [0.5, 0.6) is 0 Å². The SMILES string of the molecule is [CH2+]CCCCS(=O)O. The molecule has 0 fully saturated rings. The molecule has 0 saturated heterocycles. The molecule has 1 N–H and O–H groups in total. The lowest BCUT2D eigenvalue weighted by Crippen LogP contribution is -1.93. The van der Waals surface area contributed by atoms with Gasteiger partial charge in [0.05, 0.1) is 13.3 Å². The van der Waals surface area contributed by atoms with Gasteiger partial charge in [0.15, 0.2) is 11.1 Å². The van der Waals surface area contributed by atoms with Crippen molar-refractivity contribution in [3.05, 3.63) is 6.92 Å². The lowest BCUT2D eigenvalue weighted by Gasteiger charge is -1.88. The largest absolute Gasteiger partial charge is 0.306 e. The Morgan fingerprint density at radius 1 is 1.50 bits per heavy atom. The van der Waals surface area contributed by atoms with E-state index in [1.807, 2.05) is 0 Å². The predicted molar refractivity (Wildman–Crippen MR) is 34.8 cm³/mol. The molecule has 1 unspecified atom stereocenters. The quantitative estimate of drug-likeness (QED) is 0.357. The van der Waals surface area contributed by atoms with Crippen molar-refractivity contribution in [2.75, 3.05) is 5.75 Å². The Morgan fingerprint density at radius 2 is 2.12 bits per heavy atom. The van der Waals surface area contributed by atoms with Crippen LogP contribution >= 0.6 is 0 Å². The first-order valence-electron chi connectivity index (χ1n) is 2.64. The Morgan fingerprint density at radius 3 is 2.50 bits per heavy atom. The smallest absolute Gasteiger partial charge is 0.152 e. The molecule has 2 nitrogen and oxygen atoms in total. The second kappa shape index (κ2) is 5.12. The average Bonchev–Trinajstić information content (AvgIpc) is 1.66. The standard InChI is InChI=1S/C5H10O2S/c1-2-3-4-5-8(6)7/h1-5H2/p+1. The van der Waals surface area contributed by atoms with Gasteiger partial charge in [-0.25, -0.2) is 4.21 Å². The van der Waals surface area contributed by atoms with E-state index in [9.17, 15) is 4.21 Å². The van der Waals surface area contributed by atoms with Gasteiger partial charge in [0.1, 0.15) is 0 Å². The van der Waals surface area contributed by atoms with Gasteiger partial charge in [-0.3, -0.25) is 0 Å². The van der Waals surface area contributed by atoms with E-state index in [1.165, 1.54) is 0 Å². The van der Waals surface area contributed by atoms with Gasteiger partial charge in [0.2, 0.25) is 0 Å². The molecule has 0 aliphatic carbocycles. The Bertz CT molecular complexity index is 72.8. The summed E-state index contributed by atoms with van der Waals surface area (Å²) in [4.78, 5) is 0. The first-order valence-corrected chi connectivity index (χ1v) is 3.91. The van der Waals surface area contributed by atoms with Gasteiger partial charge in [-0.1, -0.05) is 0 Å². The van der Waals surface area contributed by atoms with E-state index < -0.39 is 11.1 Å². The highest BCUT2D eigenvalue weighted by molar-refractivity contribution is 7.79. The highest BCUT2D eigenvalue weighted by Crippen LogP contribution is 1.93. The molecule has 0 aliphatic heterocycles. The number of hydrogen-bond donors (Lipinski definition) is 1. The van der Waals surface area contributed by atoms with Crippen LogP contribution in [0.15, 0.2) is 0 Å². The molecule has 0 aliphatic rings. The van der Waals surface area contributed by atoms with Gasteiger partial charge < -0.3 is 4.55 Å². The van der Waals surface area contributed by atoms with E-state index in [-0.39, 0.29) is 0 Å². The average molecular weight is 135 g/mol. The van der Waals surface area contributed by atoms with Crippen molar-refractivity contribution in [1.29, 1.82) is 0 Å². The zero-order chi connectivity index (χ0) is 6.41. The number of rotatable bonds is 4. The van der Waals surface area contributed by atoms with Crippen molar-refractivity contribution < 1.29 is 8.76 Å². The van der Waals surface area contributed by atoms with Crippen LogP contribution in [-0.2, 0) is 11.1 Å². The molecular weight excluding hydrogens is 124 g/mol. The van der Waals surface area contributed by atoms with Crippen LogP contribution < -0.4 is 0 Å². The van der Waals surface area contributed by atoms with Gasteiger partial charge in [-0.2, -0.15) is 0 Å². The van der Waals surface area contributed by atoms with Gasteiger partial charge in [0, 0.05) is 5.75 Å². The molecule has 8 heavy (non-hydrogen) atoms. The van der Waals surface area contributed by atoms with Gasteiger partial charge in [-0.15, -0.1) is 0 Å². The van der Waals surface area contributed by atoms with Crippen LogP contribution in [0.25, 0.3) is 0 Å². The van der Waals surface area contributed by atoms with Crippen LogP contribution in [0.2, 0.25) is 0 Å². The van der Waals surface area contributed by atoms with Crippen molar-refractivity contribution in [1.82, 2.24) is 0 Å². The van der Waals surface area contributed by atoms with E-state index in [0.29, 0.717) is 5.75 Å². The zero-order valence-corrected chi connectivity index (χ0v) is 5.62. The molecule has 0 rings (SSSR count). The second-order valence-electron chi connectivity index (χ2n) is 1.59. The summed E-state index contributed by atoms with van der Waals surface area (Å²) in [7, 11) is 0. The molecule has 0 heterocycles. The summed E-state index contributed by atoms with van der Waals surface area (Å²) < 4.78 is 18.2. The summed E-state index contributed by atoms with van der Waals surface area (Å²) >= 11 is -1.59. The molecule has 0 aromatic heterocycles. The maximum Gasteiger partial charge on any atom is 0.152 e. The third kappa shape index (κ3) is 5.98. The van der Waals surface area contributed by atoms with E-state index in [4.69, 9.17) is 4.55 Å². The van der Waals surface area contributed by atoms with Crippen LogP contribution in [0, 0.1) is 6.92 Å². The monoisotopic (exact) mass is 135 g/mol. The molecule has 0 aromatic rings. The van der Waals surface area contributed by atoms with Crippen LogP contribution in [0.3, 0.4) is 0 Å². The Hall–Kier alpha value is -0.0200. The predicted octanol–water partition coefficient (Wildman–Crippen LogP) is 1.21. The molecule has 3 heteroatoms. The summed E-state index contributed by atoms with van der Waals surface area (Å²) in [6.07, 6.45) is 2.62. The van der Waals surface area contributed by atoms with Crippen molar-refractivity contribution in [2.45, 2.75) is 19.3 Å². The first-order chi connectivity index (χ1) is 3.77. The van der Waals surface area contributed by atoms with Gasteiger partial charge in [0.25, 0.3) is 0 Å². The normalized spacial score (nSPS) is 13.6. The fraction of sp³-hybridized carbons (Fsp3) is 0.800. The molecule has 48 valence electrons.